The zero-order chi connectivity index (χ0) is 24.9. The zero-order valence-electron chi connectivity index (χ0n) is 21.2. The SMILES string of the molecule is CC(C)[O-].CC(C)[O-].CCN(CC)C(=O)CC(C)=O.CCN(CC)C(=O)CC(C)=O.[Zr+2]. The summed E-state index contributed by atoms with van der Waals surface area (Å²) in [6.07, 6.45) is -0.747. The molecule has 0 aromatic rings. The largest absolute Gasteiger partial charge is 2.00 e. The summed E-state index contributed by atoms with van der Waals surface area (Å²) in [5, 5.41) is 19.1. The fourth-order valence-corrected chi connectivity index (χ4v) is 1.80. The fourth-order valence-electron chi connectivity index (χ4n) is 1.80. The monoisotopic (exact) mass is 522 g/mol. The predicted octanol–water partition coefficient (Wildman–Crippen LogP) is 1.18. The van der Waals surface area contributed by atoms with E-state index in [0.29, 0.717) is 26.2 Å². The molecule has 0 aliphatic rings. The number of rotatable bonds is 8. The molecule has 182 valence electrons. The molecule has 2 amide bonds. The third kappa shape index (κ3) is 40.0. The third-order valence-corrected chi connectivity index (χ3v) is 3.03. The molecule has 0 N–H and O–H groups in total. The van der Waals surface area contributed by atoms with Crippen LogP contribution in [0.2, 0.25) is 0 Å². The van der Waals surface area contributed by atoms with E-state index in [2.05, 4.69) is 0 Å². The van der Waals surface area contributed by atoms with Gasteiger partial charge < -0.3 is 20.0 Å². The molecular formula is C22H44N2O6Zr. The Kier molecular flexibility index (Phi) is 35.4. The van der Waals surface area contributed by atoms with E-state index < -0.39 is 12.2 Å². The molecule has 0 aromatic carbocycles. The van der Waals surface area contributed by atoms with Crippen LogP contribution in [0.25, 0.3) is 0 Å². The molecule has 0 aliphatic heterocycles. The van der Waals surface area contributed by atoms with Crippen LogP contribution < -0.4 is 10.2 Å². The first-order valence-corrected chi connectivity index (χ1v) is 10.6. The molecule has 0 fully saturated rings. The van der Waals surface area contributed by atoms with Crippen LogP contribution >= 0.6 is 0 Å². The molecule has 0 unspecified atom stereocenters. The summed E-state index contributed by atoms with van der Waals surface area (Å²) in [5.41, 5.74) is 0. The Balaban J connectivity index is -0.000000106. The Bertz CT molecular complexity index is 415. The maximum Gasteiger partial charge on any atom is 2.00 e. The molecule has 0 saturated carbocycles. The maximum absolute atomic E-state index is 11.1. The Hall–Kier alpha value is -0.917. The molecule has 0 heterocycles. The number of carbonyl (C=O) groups excluding carboxylic acids is 4. The number of ketones is 2. The Labute approximate surface area is 208 Å². The summed E-state index contributed by atoms with van der Waals surface area (Å²) in [5.74, 6) is -0.270. The number of hydrogen-bond donors (Lipinski definition) is 0. The molecule has 0 spiro atoms. The second-order valence-corrected chi connectivity index (χ2v) is 6.99. The summed E-state index contributed by atoms with van der Waals surface area (Å²) < 4.78 is 0. The van der Waals surface area contributed by atoms with Crippen LogP contribution in [-0.2, 0) is 45.4 Å². The Morgan fingerprint density at radius 2 is 0.774 bits per heavy atom. The second kappa shape index (κ2) is 27.1. The van der Waals surface area contributed by atoms with Crippen LogP contribution in [0.5, 0.6) is 0 Å². The number of amides is 2. The van der Waals surface area contributed by atoms with Gasteiger partial charge in [0.15, 0.2) is 0 Å². The van der Waals surface area contributed by atoms with E-state index in [1.54, 1.807) is 37.5 Å². The molecule has 8 nitrogen and oxygen atoms in total. The smallest absolute Gasteiger partial charge is 0.852 e. The number of carbonyl (C=O) groups is 4. The van der Waals surface area contributed by atoms with Crippen LogP contribution in [0.15, 0.2) is 0 Å². The third-order valence-electron chi connectivity index (χ3n) is 3.03. The first-order valence-electron chi connectivity index (χ1n) is 10.6. The van der Waals surface area contributed by atoms with Crippen molar-refractivity contribution in [3.05, 3.63) is 0 Å². The van der Waals surface area contributed by atoms with Crippen LogP contribution in [0.4, 0.5) is 0 Å². The van der Waals surface area contributed by atoms with E-state index in [9.17, 15) is 29.4 Å². The Morgan fingerprint density at radius 1 is 0.613 bits per heavy atom. The molecule has 0 saturated heterocycles. The topological polar surface area (TPSA) is 121 Å². The minimum absolute atomic E-state index is 0. The minimum atomic E-state index is -0.417. The zero-order valence-corrected chi connectivity index (χ0v) is 23.7. The van der Waals surface area contributed by atoms with Gasteiger partial charge >= 0.3 is 26.2 Å². The first-order chi connectivity index (χ1) is 13.7. The Morgan fingerprint density at radius 3 is 0.871 bits per heavy atom. The molecule has 0 rings (SSSR count). The molecule has 0 aromatic heterocycles. The quantitative estimate of drug-likeness (QED) is 0.440. The molecule has 0 aliphatic carbocycles. The van der Waals surface area contributed by atoms with Crippen LogP contribution in [0, 0.1) is 0 Å². The summed E-state index contributed by atoms with van der Waals surface area (Å²) >= 11 is 0. The van der Waals surface area contributed by atoms with Gasteiger partial charge in [0, 0.05) is 26.2 Å². The van der Waals surface area contributed by atoms with Gasteiger partial charge in [-0.2, -0.15) is 0 Å². The van der Waals surface area contributed by atoms with Crippen molar-refractivity contribution < 1.29 is 55.6 Å². The van der Waals surface area contributed by atoms with Crippen molar-refractivity contribution in [3.8, 4) is 0 Å². The molecule has 31 heavy (non-hydrogen) atoms. The van der Waals surface area contributed by atoms with E-state index >= 15 is 0 Å². The number of nitrogens with zero attached hydrogens (tertiary/aromatic N) is 2. The van der Waals surface area contributed by atoms with Crippen molar-refractivity contribution in [2.75, 3.05) is 26.2 Å². The van der Waals surface area contributed by atoms with Gasteiger partial charge in [0.25, 0.3) is 0 Å². The molecule has 0 atom stereocenters. The van der Waals surface area contributed by atoms with Crippen LogP contribution in [0.3, 0.4) is 0 Å². The summed E-state index contributed by atoms with van der Waals surface area (Å²) in [6, 6.07) is 0. The van der Waals surface area contributed by atoms with Gasteiger partial charge in [-0.25, -0.2) is 0 Å². The van der Waals surface area contributed by atoms with Crippen molar-refractivity contribution in [1.29, 1.82) is 0 Å². The molecule has 9 heteroatoms. The fraction of sp³-hybridized carbons (Fsp3) is 0.818. The normalized spacial score (nSPS) is 8.97. The van der Waals surface area contributed by atoms with Gasteiger partial charge in [-0.05, 0) is 41.5 Å². The number of Topliss-reactive ketones (excluding diaryl/α,β-unsaturated/α-hetero) is 2. The van der Waals surface area contributed by atoms with Crippen molar-refractivity contribution in [1.82, 2.24) is 9.80 Å². The van der Waals surface area contributed by atoms with Gasteiger partial charge in [0.1, 0.15) is 11.6 Å². The summed E-state index contributed by atoms with van der Waals surface area (Å²) in [4.78, 5) is 46.6. The standard InChI is InChI=1S/2C8H15NO2.2C3H7O.Zr/c2*1-4-9(5-2)8(11)6-7(3)10;2*1-3(2)4;/h2*4-6H2,1-3H3;2*3H,1-2H3;/q;;2*-1;+2. The maximum atomic E-state index is 11.1. The van der Waals surface area contributed by atoms with Gasteiger partial charge in [-0.3, -0.25) is 19.2 Å². The van der Waals surface area contributed by atoms with E-state index in [0.717, 1.165) is 0 Å². The van der Waals surface area contributed by atoms with Gasteiger partial charge in [0.05, 0.1) is 12.8 Å². The second-order valence-electron chi connectivity index (χ2n) is 6.99. The van der Waals surface area contributed by atoms with Crippen molar-refractivity contribution in [2.45, 2.75) is 94.3 Å². The molecule has 0 bridgehead atoms. The van der Waals surface area contributed by atoms with Crippen molar-refractivity contribution in [2.24, 2.45) is 0 Å². The van der Waals surface area contributed by atoms with E-state index in [1.165, 1.54) is 13.8 Å². The molecular weight excluding hydrogens is 479 g/mol. The molecule has 0 radical (unpaired) electrons. The van der Waals surface area contributed by atoms with E-state index in [4.69, 9.17) is 0 Å². The average Bonchev–Trinajstić information content (AvgIpc) is 2.55. The van der Waals surface area contributed by atoms with Gasteiger partial charge in [-0.15, -0.1) is 12.2 Å². The predicted molar refractivity (Wildman–Crippen MR) is 117 cm³/mol. The van der Waals surface area contributed by atoms with E-state index in [-0.39, 0.29) is 62.4 Å². The summed E-state index contributed by atoms with van der Waals surface area (Å²) in [6.45, 7) is 19.7. The van der Waals surface area contributed by atoms with Gasteiger partial charge in [0.2, 0.25) is 11.8 Å². The average molecular weight is 524 g/mol. The summed E-state index contributed by atoms with van der Waals surface area (Å²) in [7, 11) is 0. The van der Waals surface area contributed by atoms with Crippen molar-refractivity contribution in [3.63, 3.8) is 0 Å². The minimum Gasteiger partial charge on any atom is -0.852 e. The van der Waals surface area contributed by atoms with E-state index in [1.807, 2.05) is 27.7 Å². The number of hydrogen-bond acceptors (Lipinski definition) is 6. The first kappa shape index (κ1) is 40.4. The van der Waals surface area contributed by atoms with Crippen LogP contribution in [0.1, 0.15) is 82.1 Å². The van der Waals surface area contributed by atoms with Gasteiger partial charge in [-0.1, -0.05) is 27.7 Å². The van der Waals surface area contributed by atoms with Crippen LogP contribution in [-0.4, -0.2) is 71.6 Å². The van der Waals surface area contributed by atoms with Crippen molar-refractivity contribution >= 4 is 23.4 Å².